The number of hydrogen-bond donors (Lipinski definition) is 0. The van der Waals surface area contributed by atoms with Crippen LogP contribution in [0.3, 0.4) is 0 Å². The zero-order chi connectivity index (χ0) is 10.6. The van der Waals surface area contributed by atoms with Crippen LogP contribution in [0.5, 0.6) is 0 Å². The number of alkyl halides is 1. The summed E-state index contributed by atoms with van der Waals surface area (Å²) in [5.74, 6) is 0. The van der Waals surface area contributed by atoms with Crippen molar-refractivity contribution in [1.82, 2.24) is 0 Å². The fourth-order valence-corrected chi connectivity index (χ4v) is 1.31. The van der Waals surface area contributed by atoms with Crippen molar-refractivity contribution in [2.24, 2.45) is 0 Å². The lowest BCUT2D eigenvalue weighted by atomic mass is 10.2. The summed E-state index contributed by atoms with van der Waals surface area (Å²) < 4.78 is 0. The predicted molar refractivity (Wildman–Crippen MR) is 60.9 cm³/mol. The molecule has 0 amide bonds. The molecule has 0 unspecified atom stereocenters. The lowest BCUT2D eigenvalue weighted by Crippen LogP contribution is -1.88. The minimum Gasteiger partial charge on any atom is -0.258 e. The highest BCUT2D eigenvalue weighted by Crippen LogP contribution is 2.23. The van der Waals surface area contributed by atoms with Gasteiger partial charge in [0, 0.05) is 22.5 Å². The van der Waals surface area contributed by atoms with Gasteiger partial charge in [0.1, 0.15) is 0 Å². The number of non-ortho nitro benzene ring substituents is 1. The first kappa shape index (κ1) is 11.2. The molecule has 0 bridgehead atoms. The third-order valence-corrected chi connectivity index (χ3v) is 2.29. The van der Waals surface area contributed by atoms with Crippen LogP contribution in [0.15, 0.2) is 24.3 Å². The van der Waals surface area contributed by atoms with Crippen molar-refractivity contribution >= 4 is 39.3 Å². The quantitative estimate of drug-likeness (QED) is 0.480. The number of nitro benzene ring substituents is 1. The highest BCUT2D eigenvalue weighted by atomic mass is 79.9. The molecule has 0 spiro atoms. The van der Waals surface area contributed by atoms with Crippen molar-refractivity contribution in [1.29, 1.82) is 0 Å². The van der Waals surface area contributed by atoms with E-state index in [0.29, 0.717) is 15.9 Å². The standard InChI is InChI=1S/C9H7BrClNO2/c10-5-1-2-7-6-8(12(13)14)3-4-9(7)11/h1-4,6H,5H2. The predicted octanol–water partition coefficient (Wildman–Crippen LogP) is 3.66. The fraction of sp³-hybridized carbons (Fsp3) is 0.111. The zero-order valence-corrected chi connectivity index (χ0v) is 9.46. The smallest absolute Gasteiger partial charge is 0.258 e. The summed E-state index contributed by atoms with van der Waals surface area (Å²) in [4.78, 5) is 10.0. The molecule has 1 rings (SSSR count). The van der Waals surface area contributed by atoms with Crippen LogP contribution in [0, 0.1) is 10.1 Å². The van der Waals surface area contributed by atoms with Gasteiger partial charge in [0.15, 0.2) is 0 Å². The molecule has 0 aliphatic heterocycles. The molecule has 0 fully saturated rings. The second kappa shape index (κ2) is 5.12. The molecule has 0 radical (unpaired) electrons. The summed E-state index contributed by atoms with van der Waals surface area (Å²) in [6, 6.07) is 4.35. The van der Waals surface area contributed by atoms with E-state index >= 15 is 0 Å². The molecule has 0 heterocycles. The largest absolute Gasteiger partial charge is 0.270 e. The van der Waals surface area contributed by atoms with Crippen LogP contribution in [0.4, 0.5) is 5.69 Å². The van der Waals surface area contributed by atoms with Crippen LogP contribution in [0.2, 0.25) is 5.02 Å². The molecule has 0 N–H and O–H groups in total. The second-order valence-electron chi connectivity index (χ2n) is 2.52. The molecule has 74 valence electrons. The van der Waals surface area contributed by atoms with Crippen molar-refractivity contribution in [3.05, 3.63) is 45.0 Å². The monoisotopic (exact) mass is 275 g/mol. The van der Waals surface area contributed by atoms with Crippen LogP contribution >= 0.6 is 27.5 Å². The van der Waals surface area contributed by atoms with E-state index in [0.717, 1.165) is 0 Å². The Balaban J connectivity index is 3.08. The molecule has 0 saturated heterocycles. The van der Waals surface area contributed by atoms with Crippen molar-refractivity contribution < 1.29 is 4.92 Å². The van der Waals surface area contributed by atoms with Gasteiger partial charge in [-0.2, -0.15) is 0 Å². The molecule has 0 saturated carbocycles. The van der Waals surface area contributed by atoms with E-state index in [1.807, 2.05) is 6.08 Å². The van der Waals surface area contributed by atoms with Crippen molar-refractivity contribution in [3.63, 3.8) is 0 Å². The van der Waals surface area contributed by atoms with Crippen molar-refractivity contribution in [3.8, 4) is 0 Å². The second-order valence-corrected chi connectivity index (χ2v) is 3.57. The van der Waals surface area contributed by atoms with E-state index < -0.39 is 4.92 Å². The Bertz CT molecular complexity index is 379. The maximum absolute atomic E-state index is 10.5. The maximum Gasteiger partial charge on any atom is 0.270 e. The molecule has 0 aliphatic rings. The molecule has 1 aromatic rings. The summed E-state index contributed by atoms with van der Waals surface area (Å²) in [5.41, 5.74) is 0.698. The van der Waals surface area contributed by atoms with Crippen LogP contribution in [0.25, 0.3) is 6.08 Å². The zero-order valence-electron chi connectivity index (χ0n) is 7.11. The first-order valence-corrected chi connectivity index (χ1v) is 5.31. The van der Waals surface area contributed by atoms with Crippen LogP contribution in [0.1, 0.15) is 5.56 Å². The number of rotatable bonds is 3. The number of nitrogens with zero attached hydrogens (tertiary/aromatic N) is 1. The summed E-state index contributed by atoms with van der Waals surface area (Å²) in [6.45, 7) is 0. The summed E-state index contributed by atoms with van der Waals surface area (Å²) >= 11 is 9.06. The number of benzene rings is 1. The normalized spacial score (nSPS) is 10.7. The Morgan fingerprint density at radius 1 is 1.57 bits per heavy atom. The topological polar surface area (TPSA) is 43.1 Å². The van der Waals surface area contributed by atoms with Gasteiger partial charge >= 0.3 is 0 Å². The van der Waals surface area contributed by atoms with E-state index in [4.69, 9.17) is 11.6 Å². The Kier molecular flexibility index (Phi) is 4.10. The Labute approximate surface area is 94.7 Å². The molecule has 0 aromatic heterocycles. The molecule has 14 heavy (non-hydrogen) atoms. The molecule has 3 nitrogen and oxygen atoms in total. The highest BCUT2D eigenvalue weighted by molar-refractivity contribution is 9.09. The molecule has 1 aromatic carbocycles. The van der Waals surface area contributed by atoms with E-state index in [2.05, 4.69) is 15.9 Å². The van der Waals surface area contributed by atoms with E-state index in [-0.39, 0.29) is 5.69 Å². The fourth-order valence-electron chi connectivity index (χ4n) is 0.944. The lowest BCUT2D eigenvalue weighted by molar-refractivity contribution is -0.384. The summed E-state index contributed by atoms with van der Waals surface area (Å²) in [5, 5.41) is 11.7. The van der Waals surface area contributed by atoms with Gasteiger partial charge in [-0.1, -0.05) is 39.7 Å². The Morgan fingerprint density at radius 2 is 2.29 bits per heavy atom. The van der Waals surface area contributed by atoms with Crippen LogP contribution in [-0.2, 0) is 0 Å². The minimum atomic E-state index is -0.443. The van der Waals surface area contributed by atoms with Crippen molar-refractivity contribution in [2.45, 2.75) is 0 Å². The van der Waals surface area contributed by atoms with Gasteiger partial charge in [-0.15, -0.1) is 0 Å². The number of allylic oxidation sites excluding steroid dienone is 1. The molecule has 5 heteroatoms. The third kappa shape index (κ3) is 2.82. The Hall–Kier alpha value is -0.870. The SMILES string of the molecule is O=[N+]([O-])c1ccc(Cl)c(C=CCBr)c1. The van der Waals surface area contributed by atoms with Gasteiger partial charge in [-0.25, -0.2) is 0 Å². The van der Waals surface area contributed by atoms with Gasteiger partial charge in [0.05, 0.1) is 4.92 Å². The number of nitro groups is 1. The van der Waals surface area contributed by atoms with Gasteiger partial charge in [0.2, 0.25) is 0 Å². The third-order valence-electron chi connectivity index (χ3n) is 1.58. The summed E-state index contributed by atoms with van der Waals surface area (Å²) in [7, 11) is 0. The molecule has 0 atom stereocenters. The number of halogens is 2. The average molecular weight is 277 g/mol. The summed E-state index contributed by atoms with van der Waals surface area (Å²) in [6.07, 6.45) is 3.56. The highest BCUT2D eigenvalue weighted by Gasteiger charge is 2.07. The lowest BCUT2D eigenvalue weighted by Gasteiger charge is -1.97. The minimum absolute atomic E-state index is 0.0450. The van der Waals surface area contributed by atoms with E-state index in [1.165, 1.54) is 18.2 Å². The molecule has 0 aliphatic carbocycles. The Morgan fingerprint density at radius 3 is 2.86 bits per heavy atom. The average Bonchev–Trinajstić information content (AvgIpc) is 2.16. The van der Waals surface area contributed by atoms with Crippen molar-refractivity contribution in [2.75, 3.05) is 5.33 Å². The maximum atomic E-state index is 10.5. The first-order chi connectivity index (χ1) is 6.65. The number of hydrogen-bond acceptors (Lipinski definition) is 2. The van der Waals surface area contributed by atoms with Gasteiger partial charge in [-0.3, -0.25) is 10.1 Å². The molecular formula is C9H7BrClNO2. The van der Waals surface area contributed by atoms with E-state index in [1.54, 1.807) is 6.08 Å². The van der Waals surface area contributed by atoms with Gasteiger partial charge < -0.3 is 0 Å². The van der Waals surface area contributed by atoms with Crippen LogP contribution in [-0.4, -0.2) is 10.3 Å². The van der Waals surface area contributed by atoms with Gasteiger partial charge in [0.25, 0.3) is 5.69 Å². The van der Waals surface area contributed by atoms with Crippen LogP contribution < -0.4 is 0 Å². The molecular weight excluding hydrogens is 269 g/mol. The van der Waals surface area contributed by atoms with Gasteiger partial charge in [-0.05, 0) is 11.6 Å². The first-order valence-electron chi connectivity index (χ1n) is 3.81. The van der Waals surface area contributed by atoms with E-state index in [9.17, 15) is 10.1 Å².